The lowest BCUT2D eigenvalue weighted by atomic mass is 9.94. The van der Waals surface area contributed by atoms with Crippen LogP contribution in [0.25, 0.3) is 0 Å². The van der Waals surface area contributed by atoms with Gasteiger partial charge in [-0.25, -0.2) is 0 Å². The van der Waals surface area contributed by atoms with Gasteiger partial charge in [0.2, 0.25) is 0 Å². The normalized spacial score (nSPS) is 12.6. The standard InChI is InChI=1S/C42H80O2/c1-3-5-7-9-11-13-15-17-19-21-22-23-24-26-28-30-32-34-36-38-40-41(42(43)44)39-37-35-33-31-29-27-25-20-18-16-14-12-10-8-6-4-2/h17-20,41H,3-16,21-40H2,1-2H3,(H,43,44). The van der Waals surface area contributed by atoms with Gasteiger partial charge in [0.15, 0.2) is 0 Å². The zero-order valence-electron chi connectivity index (χ0n) is 30.3. The van der Waals surface area contributed by atoms with Crippen LogP contribution in [0.15, 0.2) is 24.3 Å². The summed E-state index contributed by atoms with van der Waals surface area (Å²) >= 11 is 0. The van der Waals surface area contributed by atoms with Gasteiger partial charge >= 0.3 is 5.97 Å². The van der Waals surface area contributed by atoms with E-state index in [0.29, 0.717) is 0 Å². The fraction of sp³-hybridized carbons (Fsp3) is 0.881. The van der Waals surface area contributed by atoms with E-state index < -0.39 is 5.97 Å². The monoisotopic (exact) mass is 617 g/mol. The molecule has 0 bridgehead atoms. The van der Waals surface area contributed by atoms with E-state index >= 15 is 0 Å². The molecule has 0 saturated heterocycles. The van der Waals surface area contributed by atoms with Crippen LogP contribution in [0.3, 0.4) is 0 Å². The highest BCUT2D eigenvalue weighted by Crippen LogP contribution is 2.20. The van der Waals surface area contributed by atoms with E-state index in [2.05, 4.69) is 38.2 Å². The second kappa shape index (κ2) is 38.1. The molecule has 260 valence electrons. The van der Waals surface area contributed by atoms with Crippen LogP contribution in [-0.4, -0.2) is 11.1 Å². The summed E-state index contributed by atoms with van der Waals surface area (Å²) in [6.45, 7) is 4.56. The average molecular weight is 617 g/mol. The van der Waals surface area contributed by atoms with Crippen LogP contribution in [0.2, 0.25) is 0 Å². The van der Waals surface area contributed by atoms with Crippen molar-refractivity contribution in [2.75, 3.05) is 0 Å². The molecule has 0 aliphatic heterocycles. The van der Waals surface area contributed by atoms with Crippen LogP contribution >= 0.6 is 0 Å². The number of aliphatic carboxylic acids is 1. The summed E-state index contributed by atoms with van der Waals surface area (Å²) in [6.07, 6.45) is 53.8. The van der Waals surface area contributed by atoms with Crippen molar-refractivity contribution in [1.82, 2.24) is 0 Å². The van der Waals surface area contributed by atoms with Crippen molar-refractivity contribution >= 4 is 5.97 Å². The quantitative estimate of drug-likeness (QED) is 0.0557. The number of rotatable bonds is 37. The largest absolute Gasteiger partial charge is 0.481 e. The lowest BCUT2D eigenvalue weighted by Gasteiger charge is -2.12. The van der Waals surface area contributed by atoms with Gasteiger partial charge in [0, 0.05) is 0 Å². The number of carbonyl (C=O) groups is 1. The molecule has 0 rings (SSSR count). The molecule has 0 aliphatic rings. The van der Waals surface area contributed by atoms with Crippen molar-refractivity contribution in [2.24, 2.45) is 5.92 Å². The van der Waals surface area contributed by atoms with Crippen LogP contribution in [-0.2, 0) is 4.79 Å². The number of hydrogen-bond acceptors (Lipinski definition) is 1. The van der Waals surface area contributed by atoms with E-state index in [9.17, 15) is 9.90 Å². The number of hydrogen-bond donors (Lipinski definition) is 1. The molecule has 1 atom stereocenters. The summed E-state index contributed by atoms with van der Waals surface area (Å²) < 4.78 is 0. The second-order valence-corrected chi connectivity index (χ2v) is 13.9. The molecular weight excluding hydrogens is 536 g/mol. The van der Waals surface area contributed by atoms with Crippen molar-refractivity contribution < 1.29 is 9.90 Å². The molecule has 0 aliphatic carbocycles. The molecule has 0 fully saturated rings. The predicted octanol–water partition coefficient (Wildman–Crippen LogP) is 15.1. The highest BCUT2D eigenvalue weighted by atomic mass is 16.4. The van der Waals surface area contributed by atoms with Gasteiger partial charge in [0.1, 0.15) is 0 Å². The minimum Gasteiger partial charge on any atom is -0.481 e. The van der Waals surface area contributed by atoms with Crippen molar-refractivity contribution in [1.29, 1.82) is 0 Å². The molecule has 0 radical (unpaired) electrons. The van der Waals surface area contributed by atoms with E-state index in [1.165, 1.54) is 193 Å². The molecule has 0 spiro atoms. The number of carboxylic acid groups (broad SMARTS) is 1. The topological polar surface area (TPSA) is 37.3 Å². The Bertz CT molecular complexity index is 607. The highest BCUT2D eigenvalue weighted by Gasteiger charge is 2.16. The van der Waals surface area contributed by atoms with Crippen molar-refractivity contribution in [3.05, 3.63) is 24.3 Å². The molecular formula is C42H80O2. The molecule has 1 unspecified atom stereocenters. The van der Waals surface area contributed by atoms with E-state index in [1.807, 2.05) is 0 Å². The lowest BCUT2D eigenvalue weighted by molar-refractivity contribution is -0.142. The first-order valence-corrected chi connectivity index (χ1v) is 20.2. The van der Waals surface area contributed by atoms with Crippen LogP contribution in [0, 0.1) is 5.92 Å². The van der Waals surface area contributed by atoms with E-state index in [1.54, 1.807) is 0 Å². The first-order valence-electron chi connectivity index (χ1n) is 20.2. The zero-order chi connectivity index (χ0) is 32.0. The fourth-order valence-electron chi connectivity index (χ4n) is 6.37. The van der Waals surface area contributed by atoms with Crippen molar-refractivity contribution in [2.45, 2.75) is 232 Å². The number of carboxylic acids is 1. The molecule has 2 heteroatoms. The second-order valence-electron chi connectivity index (χ2n) is 13.9. The van der Waals surface area contributed by atoms with Gasteiger partial charge in [-0.3, -0.25) is 4.79 Å². The molecule has 0 aromatic heterocycles. The van der Waals surface area contributed by atoms with Crippen LogP contribution in [0.5, 0.6) is 0 Å². The first-order chi connectivity index (χ1) is 21.7. The van der Waals surface area contributed by atoms with Crippen LogP contribution in [0.4, 0.5) is 0 Å². The zero-order valence-corrected chi connectivity index (χ0v) is 30.3. The average Bonchev–Trinajstić information content (AvgIpc) is 3.02. The van der Waals surface area contributed by atoms with E-state index in [4.69, 9.17) is 0 Å². The van der Waals surface area contributed by atoms with Gasteiger partial charge < -0.3 is 5.11 Å². The van der Waals surface area contributed by atoms with Gasteiger partial charge in [-0.15, -0.1) is 0 Å². The third-order valence-electron chi connectivity index (χ3n) is 9.48. The molecule has 0 aromatic carbocycles. The first kappa shape index (κ1) is 43.0. The maximum absolute atomic E-state index is 11.7. The smallest absolute Gasteiger partial charge is 0.306 e. The van der Waals surface area contributed by atoms with Crippen LogP contribution in [0.1, 0.15) is 232 Å². The van der Waals surface area contributed by atoms with Gasteiger partial charge in [-0.05, 0) is 64.2 Å². The Balaban J connectivity index is 3.43. The van der Waals surface area contributed by atoms with Crippen LogP contribution < -0.4 is 0 Å². The molecule has 0 amide bonds. The molecule has 0 aromatic rings. The van der Waals surface area contributed by atoms with Gasteiger partial charge in [0.05, 0.1) is 5.92 Å². The molecule has 1 N–H and O–H groups in total. The molecule has 44 heavy (non-hydrogen) atoms. The Labute approximate surface area is 277 Å². The Morgan fingerprint density at radius 3 is 0.864 bits per heavy atom. The summed E-state index contributed by atoms with van der Waals surface area (Å²) in [5.74, 6) is -0.678. The number of unbranched alkanes of at least 4 members (excludes halogenated alkanes) is 28. The molecule has 0 heterocycles. The Morgan fingerprint density at radius 2 is 0.614 bits per heavy atom. The maximum atomic E-state index is 11.7. The van der Waals surface area contributed by atoms with Gasteiger partial charge in [-0.2, -0.15) is 0 Å². The third kappa shape index (κ3) is 35.4. The fourth-order valence-corrected chi connectivity index (χ4v) is 6.37. The predicted molar refractivity (Wildman–Crippen MR) is 198 cm³/mol. The van der Waals surface area contributed by atoms with Gasteiger partial charge in [0.25, 0.3) is 0 Å². The maximum Gasteiger partial charge on any atom is 0.306 e. The number of allylic oxidation sites excluding steroid dienone is 4. The lowest BCUT2D eigenvalue weighted by Crippen LogP contribution is -2.13. The van der Waals surface area contributed by atoms with E-state index in [-0.39, 0.29) is 5.92 Å². The summed E-state index contributed by atoms with van der Waals surface area (Å²) in [5.41, 5.74) is 0. The van der Waals surface area contributed by atoms with Crippen molar-refractivity contribution in [3.8, 4) is 0 Å². The van der Waals surface area contributed by atoms with Gasteiger partial charge in [-0.1, -0.05) is 192 Å². The highest BCUT2D eigenvalue weighted by molar-refractivity contribution is 5.69. The molecule has 0 saturated carbocycles. The summed E-state index contributed by atoms with van der Waals surface area (Å²) in [5, 5.41) is 9.65. The minimum absolute atomic E-state index is 0.114. The SMILES string of the molecule is CCCCCCCCC=CCCCCCCCCCCCCC(CCCCCCCCC=CCCCCCCCC)C(=O)O. The summed E-state index contributed by atoms with van der Waals surface area (Å²) in [4.78, 5) is 11.7. The minimum atomic E-state index is -0.564. The summed E-state index contributed by atoms with van der Waals surface area (Å²) in [7, 11) is 0. The molecule has 2 nitrogen and oxygen atoms in total. The Morgan fingerprint density at radius 1 is 0.386 bits per heavy atom. The third-order valence-corrected chi connectivity index (χ3v) is 9.48. The van der Waals surface area contributed by atoms with E-state index in [0.717, 1.165) is 25.7 Å². The Hall–Kier alpha value is -1.05. The van der Waals surface area contributed by atoms with Crippen molar-refractivity contribution in [3.63, 3.8) is 0 Å². The summed E-state index contributed by atoms with van der Waals surface area (Å²) in [6, 6.07) is 0. The Kier molecular flexibility index (Phi) is 37.2.